The second-order valence-electron chi connectivity index (χ2n) is 2.99. The lowest BCUT2D eigenvalue weighted by atomic mass is 10.00. The molecule has 1 atom stereocenters. The second-order valence-corrected chi connectivity index (χ2v) is 2.99. The van der Waals surface area contributed by atoms with E-state index in [4.69, 9.17) is 5.11 Å². The standard InChI is InChI=1S/C7H12FNO2/c1-5(7(10)11)9-3-6(2-8)4-9/h5-6H,2-4H2,1H3,(H,10,11)/t5-/m0/s1. The molecule has 0 aromatic heterocycles. The number of hydrogen-bond donors (Lipinski definition) is 1. The zero-order chi connectivity index (χ0) is 8.43. The molecule has 3 nitrogen and oxygen atoms in total. The molecule has 4 heteroatoms. The van der Waals surface area contributed by atoms with Crippen LogP contribution in [0.2, 0.25) is 0 Å². The number of carbonyl (C=O) groups is 1. The Morgan fingerprint density at radius 1 is 1.82 bits per heavy atom. The van der Waals surface area contributed by atoms with Gasteiger partial charge in [-0.1, -0.05) is 0 Å². The lowest BCUT2D eigenvalue weighted by molar-refractivity contribution is -0.145. The Morgan fingerprint density at radius 2 is 2.36 bits per heavy atom. The van der Waals surface area contributed by atoms with Gasteiger partial charge in [0.1, 0.15) is 6.04 Å². The van der Waals surface area contributed by atoms with Crippen molar-refractivity contribution in [3.8, 4) is 0 Å². The maximum Gasteiger partial charge on any atom is 0.320 e. The normalized spacial score (nSPS) is 22.7. The molecule has 0 aromatic carbocycles. The number of aliphatic carboxylic acids is 1. The van der Waals surface area contributed by atoms with Crippen molar-refractivity contribution in [2.75, 3.05) is 19.8 Å². The third-order valence-electron chi connectivity index (χ3n) is 2.11. The van der Waals surface area contributed by atoms with Crippen LogP contribution in [0, 0.1) is 5.92 Å². The number of carboxylic acid groups (broad SMARTS) is 1. The Bertz CT molecular complexity index is 157. The fourth-order valence-electron chi connectivity index (χ4n) is 1.18. The molecule has 0 unspecified atom stereocenters. The molecule has 1 saturated heterocycles. The first-order chi connectivity index (χ1) is 5.15. The molecular weight excluding hydrogens is 149 g/mol. The van der Waals surface area contributed by atoms with Crippen molar-refractivity contribution in [1.29, 1.82) is 0 Å². The SMILES string of the molecule is C[C@@H](C(=O)O)N1CC(CF)C1. The van der Waals surface area contributed by atoms with Gasteiger partial charge in [0, 0.05) is 19.0 Å². The van der Waals surface area contributed by atoms with Crippen LogP contribution >= 0.6 is 0 Å². The summed E-state index contributed by atoms with van der Waals surface area (Å²) in [6.07, 6.45) is 0. The summed E-state index contributed by atoms with van der Waals surface area (Å²) >= 11 is 0. The van der Waals surface area contributed by atoms with Crippen LogP contribution in [0.25, 0.3) is 0 Å². The number of nitrogens with zero attached hydrogens (tertiary/aromatic N) is 1. The second kappa shape index (κ2) is 3.17. The number of alkyl halides is 1. The molecule has 1 aliphatic heterocycles. The molecule has 0 bridgehead atoms. The van der Waals surface area contributed by atoms with Crippen LogP contribution in [0.4, 0.5) is 4.39 Å². The molecule has 0 spiro atoms. The van der Waals surface area contributed by atoms with E-state index in [-0.39, 0.29) is 12.6 Å². The van der Waals surface area contributed by atoms with Crippen LogP contribution < -0.4 is 0 Å². The lowest BCUT2D eigenvalue weighted by Crippen LogP contribution is -2.54. The highest BCUT2D eigenvalue weighted by Crippen LogP contribution is 2.18. The minimum absolute atomic E-state index is 0.0665. The molecule has 1 rings (SSSR count). The Hall–Kier alpha value is -0.640. The third kappa shape index (κ3) is 1.68. The molecule has 0 aliphatic carbocycles. The van der Waals surface area contributed by atoms with Crippen molar-refractivity contribution < 1.29 is 14.3 Å². The van der Waals surface area contributed by atoms with E-state index < -0.39 is 12.0 Å². The average molecular weight is 161 g/mol. The van der Waals surface area contributed by atoms with E-state index in [9.17, 15) is 9.18 Å². The summed E-state index contributed by atoms with van der Waals surface area (Å²) in [5, 5.41) is 8.54. The molecule has 1 aliphatic rings. The van der Waals surface area contributed by atoms with Gasteiger partial charge in [-0.15, -0.1) is 0 Å². The molecule has 0 aromatic rings. The summed E-state index contributed by atoms with van der Waals surface area (Å²) in [7, 11) is 0. The van der Waals surface area contributed by atoms with E-state index in [2.05, 4.69) is 0 Å². The highest BCUT2D eigenvalue weighted by molar-refractivity contribution is 5.73. The zero-order valence-electron chi connectivity index (χ0n) is 6.46. The van der Waals surface area contributed by atoms with Crippen LogP contribution in [0.5, 0.6) is 0 Å². The fraction of sp³-hybridized carbons (Fsp3) is 0.857. The molecular formula is C7H12FNO2. The van der Waals surface area contributed by atoms with E-state index in [1.165, 1.54) is 0 Å². The smallest absolute Gasteiger partial charge is 0.320 e. The van der Waals surface area contributed by atoms with Gasteiger partial charge in [0.25, 0.3) is 0 Å². The first-order valence-electron chi connectivity index (χ1n) is 3.68. The first kappa shape index (κ1) is 8.46. The highest BCUT2D eigenvalue weighted by Gasteiger charge is 2.32. The fourth-order valence-corrected chi connectivity index (χ4v) is 1.18. The maximum absolute atomic E-state index is 11.9. The van der Waals surface area contributed by atoms with Crippen molar-refractivity contribution in [3.05, 3.63) is 0 Å². The minimum Gasteiger partial charge on any atom is -0.480 e. The van der Waals surface area contributed by atoms with Gasteiger partial charge in [-0.05, 0) is 6.92 Å². The number of hydrogen-bond acceptors (Lipinski definition) is 2. The van der Waals surface area contributed by atoms with Gasteiger partial charge < -0.3 is 5.11 Å². The summed E-state index contributed by atoms with van der Waals surface area (Å²) in [5.74, 6) is -0.765. The summed E-state index contributed by atoms with van der Waals surface area (Å²) in [5.41, 5.74) is 0. The molecule has 1 heterocycles. The highest BCUT2D eigenvalue weighted by atomic mass is 19.1. The van der Waals surface area contributed by atoms with Gasteiger partial charge in [0.15, 0.2) is 0 Å². The molecule has 1 N–H and O–H groups in total. The van der Waals surface area contributed by atoms with Crippen LogP contribution in [-0.2, 0) is 4.79 Å². The number of halogens is 1. The van der Waals surface area contributed by atoms with Gasteiger partial charge in [-0.3, -0.25) is 14.1 Å². The van der Waals surface area contributed by atoms with Gasteiger partial charge in [0.05, 0.1) is 6.67 Å². The predicted octanol–water partition coefficient (Wildman–Crippen LogP) is 0.361. The largest absolute Gasteiger partial charge is 0.480 e. The third-order valence-corrected chi connectivity index (χ3v) is 2.11. The quantitative estimate of drug-likeness (QED) is 0.649. The number of carboxylic acids is 1. The van der Waals surface area contributed by atoms with Gasteiger partial charge >= 0.3 is 5.97 Å². The summed E-state index contributed by atoms with van der Waals surface area (Å²) in [4.78, 5) is 12.1. The van der Waals surface area contributed by atoms with E-state index in [0.717, 1.165) is 0 Å². The van der Waals surface area contributed by atoms with Gasteiger partial charge in [0.2, 0.25) is 0 Å². The Balaban J connectivity index is 2.26. The summed E-state index contributed by atoms with van der Waals surface area (Å²) in [6, 6.07) is -0.460. The van der Waals surface area contributed by atoms with E-state index >= 15 is 0 Å². The van der Waals surface area contributed by atoms with Gasteiger partial charge in [-0.25, -0.2) is 0 Å². The van der Waals surface area contributed by atoms with E-state index in [1.54, 1.807) is 11.8 Å². The molecule has 0 amide bonds. The van der Waals surface area contributed by atoms with Crippen molar-refractivity contribution in [2.24, 2.45) is 5.92 Å². The van der Waals surface area contributed by atoms with Crippen molar-refractivity contribution in [1.82, 2.24) is 4.90 Å². The maximum atomic E-state index is 11.9. The first-order valence-corrected chi connectivity index (χ1v) is 3.68. The summed E-state index contributed by atoms with van der Waals surface area (Å²) in [6.45, 7) is 2.47. The summed E-state index contributed by atoms with van der Waals surface area (Å²) < 4.78 is 11.9. The zero-order valence-corrected chi connectivity index (χ0v) is 6.46. The molecule has 0 radical (unpaired) electrons. The topological polar surface area (TPSA) is 40.5 Å². The van der Waals surface area contributed by atoms with Crippen molar-refractivity contribution in [3.63, 3.8) is 0 Å². The Labute approximate surface area is 64.8 Å². The Morgan fingerprint density at radius 3 is 2.73 bits per heavy atom. The van der Waals surface area contributed by atoms with E-state index in [1.807, 2.05) is 0 Å². The van der Waals surface area contributed by atoms with Crippen LogP contribution in [0.3, 0.4) is 0 Å². The minimum atomic E-state index is -0.831. The van der Waals surface area contributed by atoms with Crippen LogP contribution in [0.1, 0.15) is 6.92 Å². The molecule has 11 heavy (non-hydrogen) atoms. The van der Waals surface area contributed by atoms with Gasteiger partial charge in [-0.2, -0.15) is 0 Å². The molecule has 1 fully saturated rings. The van der Waals surface area contributed by atoms with Crippen LogP contribution in [0.15, 0.2) is 0 Å². The lowest BCUT2D eigenvalue weighted by Gasteiger charge is -2.40. The van der Waals surface area contributed by atoms with Crippen molar-refractivity contribution in [2.45, 2.75) is 13.0 Å². The number of likely N-dealkylation sites (tertiary alicyclic amines) is 1. The van der Waals surface area contributed by atoms with Crippen LogP contribution in [-0.4, -0.2) is 41.8 Å². The Kier molecular flexibility index (Phi) is 2.44. The molecule has 0 saturated carbocycles. The monoisotopic (exact) mass is 161 g/mol. The number of rotatable bonds is 3. The predicted molar refractivity (Wildman–Crippen MR) is 38.1 cm³/mol. The van der Waals surface area contributed by atoms with Crippen molar-refractivity contribution >= 4 is 5.97 Å². The average Bonchev–Trinajstić information content (AvgIpc) is 1.85. The van der Waals surface area contributed by atoms with E-state index in [0.29, 0.717) is 13.1 Å². The molecule has 64 valence electrons.